The van der Waals surface area contributed by atoms with Crippen molar-refractivity contribution in [2.45, 2.75) is 6.54 Å². The molecule has 3 nitrogen and oxygen atoms in total. The molecule has 2 aromatic rings. The highest BCUT2D eigenvalue weighted by Crippen LogP contribution is 2.26. The van der Waals surface area contributed by atoms with Crippen molar-refractivity contribution in [3.8, 4) is 5.75 Å². The van der Waals surface area contributed by atoms with Gasteiger partial charge in [-0.05, 0) is 12.1 Å². The molecule has 112 valence electrons. The Morgan fingerprint density at radius 1 is 1.05 bits per heavy atom. The van der Waals surface area contributed by atoms with Crippen LogP contribution in [0.5, 0.6) is 5.75 Å². The SMILES string of the molecule is Fc1cc(F)c(F)c(OCCNCc2ccccn2)c1F. The lowest BCUT2D eigenvalue weighted by molar-refractivity contribution is 0.270. The molecule has 0 radical (unpaired) electrons. The fraction of sp³-hybridized carbons (Fsp3) is 0.214. The number of benzene rings is 1. The van der Waals surface area contributed by atoms with Gasteiger partial charge in [0.1, 0.15) is 6.61 Å². The van der Waals surface area contributed by atoms with E-state index in [9.17, 15) is 17.6 Å². The van der Waals surface area contributed by atoms with E-state index < -0.39 is 29.0 Å². The largest absolute Gasteiger partial charge is 0.486 e. The summed E-state index contributed by atoms with van der Waals surface area (Å²) in [6.07, 6.45) is 1.63. The molecule has 0 fully saturated rings. The highest BCUT2D eigenvalue weighted by molar-refractivity contribution is 5.28. The summed E-state index contributed by atoms with van der Waals surface area (Å²) < 4.78 is 57.2. The number of pyridine rings is 1. The number of hydrogen-bond acceptors (Lipinski definition) is 3. The summed E-state index contributed by atoms with van der Waals surface area (Å²) in [7, 11) is 0. The summed E-state index contributed by atoms with van der Waals surface area (Å²) in [4.78, 5) is 4.06. The Morgan fingerprint density at radius 2 is 1.76 bits per heavy atom. The highest BCUT2D eigenvalue weighted by atomic mass is 19.2. The number of rotatable bonds is 6. The van der Waals surface area contributed by atoms with Crippen LogP contribution in [0.15, 0.2) is 30.5 Å². The lowest BCUT2D eigenvalue weighted by Gasteiger charge is -2.10. The summed E-state index contributed by atoms with van der Waals surface area (Å²) in [5.74, 6) is -7.12. The van der Waals surface area contributed by atoms with Crippen LogP contribution in [-0.2, 0) is 6.54 Å². The molecule has 0 aliphatic carbocycles. The van der Waals surface area contributed by atoms with Gasteiger partial charge >= 0.3 is 0 Å². The third-order valence-corrected chi connectivity index (χ3v) is 2.63. The molecule has 1 aromatic heterocycles. The fourth-order valence-corrected chi connectivity index (χ4v) is 1.62. The van der Waals surface area contributed by atoms with E-state index >= 15 is 0 Å². The predicted octanol–water partition coefficient (Wildman–Crippen LogP) is 2.81. The molecule has 21 heavy (non-hydrogen) atoms. The van der Waals surface area contributed by atoms with Crippen molar-refractivity contribution >= 4 is 0 Å². The molecular weight excluding hydrogens is 288 g/mol. The van der Waals surface area contributed by atoms with Crippen molar-refractivity contribution in [2.24, 2.45) is 0 Å². The minimum Gasteiger partial charge on any atom is -0.486 e. The Bertz CT molecular complexity index is 581. The second-order valence-corrected chi connectivity index (χ2v) is 4.14. The normalized spacial score (nSPS) is 10.7. The molecule has 0 bridgehead atoms. The molecule has 0 spiro atoms. The van der Waals surface area contributed by atoms with Gasteiger partial charge in [0.05, 0.1) is 5.69 Å². The standard InChI is InChI=1S/C14H12F4N2O/c15-10-7-11(16)13(18)14(12(10)17)21-6-5-19-8-9-3-1-2-4-20-9/h1-4,7,19H,5-6,8H2. The molecule has 1 aromatic carbocycles. The van der Waals surface area contributed by atoms with Gasteiger partial charge in [0.2, 0.25) is 11.6 Å². The van der Waals surface area contributed by atoms with Crippen LogP contribution in [0.2, 0.25) is 0 Å². The smallest absolute Gasteiger partial charge is 0.203 e. The lowest BCUT2D eigenvalue weighted by atomic mass is 10.3. The number of nitrogens with zero attached hydrogens (tertiary/aromatic N) is 1. The van der Waals surface area contributed by atoms with E-state index in [-0.39, 0.29) is 19.2 Å². The molecule has 0 unspecified atom stereocenters. The summed E-state index contributed by atoms with van der Waals surface area (Å²) in [6.45, 7) is 0.518. The molecule has 1 heterocycles. The molecule has 0 atom stereocenters. The predicted molar refractivity (Wildman–Crippen MR) is 67.7 cm³/mol. The zero-order chi connectivity index (χ0) is 15.2. The zero-order valence-corrected chi connectivity index (χ0v) is 10.9. The van der Waals surface area contributed by atoms with Gasteiger partial charge in [0.25, 0.3) is 0 Å². The molecule has 0 aliphatic heterocycles. The Labute approximate surface area is 118 Å². The first-order valence-electron chi connectivity index (χ1n) is 6.16. The van der Waals surface area contributed by atoms with E-state index in [0.717, 1.165) is 5.69 Å². The van der Waals surface area contributed by atoms with Gasteiger partial charge < -0.3 is 10.1 Å². The minimum absolute atomic E-state index is 0.136. The Kier molecular flexibility index (Phi) is 5.10. The van der Waals surface area contributed by atoms with Crippen LogP contribution in [-0.4, -0.2) is 18.1 Å². The maximum absolute atomic E-state index is 13.3. The second kappa shape index (κ2) is 7.03. The van der Waals surface area contributed by atoms with E-state index in [1.165, 1.54) is 0 Å². The molecule has 0 aliphatic rings. The third kappa shape index (κ3) is 3.91. The number of hydrogen-bond donors (Lipinski definition) is 1. The maximum Gasteiger partial charge on any atom is 0.203 e. The van der Waals surface area contributed by atoms with Crippen LogP contribution in [0, 0.1) is 23.3 Å². The summed E-state index contributed by atoms with van der Waals surface area (Å²) in [5.41, 5.74) is 0.784. The summed E-state index contributed by atoms with van der Waals surface area (Å²) in [6, 6.07) is 5.53. The molecule has 0 saturated carbocycles. The Morgan fingerprint density at radius 3 is 2.38 bits per heavy atom. The monoisotopic (exact) mass is 300 g/mol. The number of nitrogens with one attached hydrogen (secondary N) is 1. The first kappa shape index (κ1) is 15.2. The van der Waals surface area contributed by atoms with Crippen LogP contribution in [0.25, 0.3) is 0 Å². The van der Waals surface area contributed by atoms with E-state index in [4.69, 9.17) is 4.74 Å². The first-order chi connectivity index (χ1) is 10.1. The van der Waals surface area contributed by atoms with Gasteiger partial charge in [-0.25, -0.2) is 8.78 Å². The van der Waals surface area contributed by atoms with Gasteiger partial charge in [0.15, 0.2) is 17.4 Å². The quantitative estimate of drug-likeness (QED) is 0.506. The maximum atomic E-state index is 13.3. The average Bonchev–Trinajstić information content (AvgIpc) is 2.49. The Hall–Kier alpha value is -2.15. The van der Waals surface area contributed by atoms with Crippen LogP contribution in [0.4, 0.5) is 17.6 Å². The van der Waals surface area contributed by atoms with Gasteiger partial charge in [-0.15, -0.1) is 0 Å². The molecular formula is C14H12F4N2O. The number of aromatic nitrogens is 1. The molecule has 0 amide bonds. The van der Waals surface area contributed by atoms with Crippen molar-refractivity contribution in [2.75, 3.05) is 13.2 Å². The van der Waals surface area contributed by atoms with E-state index in [2.05, 4.69) is 10.3 Å². The number of ether oxygens (including phenoxy) is 1. The zero-order valence-electron chi connectivity index (χ0n) is 10.9. The van der Waals surface area contributed by atoms with Crippen molar-refractivity contribution in [3.05, 3.63) is 59.4 Å². The van der Waals surface area contributed by atoms with Crippen LogP contribution >= 0.6 is 0 Å². The Balaban J connectivity index is 1.84. The van der Waals surface area contributed by atoms with Gasteiger partial charge in [-0.3, -0.25) is 4.98 Å². The molecule has 2 rings (SSSR count). The van der Waals surface area contributed by atoms with Crippen LogP contribution in [0.3, 0.4) is 0 Å². The van der Waals surface area contributed by atoms with E-state index in [1.54, 1.807) is 18.3 Å². The summed E-state index contributed by atoms with van der Waals surface area (Å²) in [5, 5.41) is 2.92. The summed E-state index contributed by atoms with van der Waals surface area (Å²) >= 11 is 0. The molecule has 0 saturated heterocycles. The van der Waals surface area contributed by atoms with Crippen molar-refractivity contribution < 1.29 is 22.3 Å². The topological polar surface area (TPSA) is 34.1 Å². The lowest BCUT2D eigenvalue weighted by Crippen LogP contribution is -2.21. The van der Waals surface area contributed by atoms with Gasteiger partial charge in [-0.1, -0.05) is 6.07 Å². The van der Waals surface area contributed by atoms with E-state index in [1.807, 2.05) is 6.07 Å². The van der Waals surface area contributed by atoms with Crippen molar-refractivity contribution in [3.63, 3.8) is 0 Å². The van der Waals surface area contributed by atoms with Gasteiger partial charge in [-0.2, -0.15) is 8.78 Å². The molecule has 1 N–H and O–H groups in total. The van der Waals surface area contributed by atoms with Gasteiger partial charge in [0, 0.05) is 25.4 Å². The second-order valence-electron chi connectivity index (χ2n) is 4.14. The van der Waals surface area contributed by atoms with Crippen LogP contribution in [0.1, 0.15) is 5.69 Å². The average molecular weight is 300 g/mol. The third-order valence-electron chi connectivity index (χ3n) is 2.63. The first-order valence-corrected chi connectivity index (χ1v) is 6.16. The number of halogens is 4. The van der Waals surface area contributed by atoms with Crippen molar-refractivity contribution in [1.82, 2.24) is 10.3 Å². The highest BCUT2D eigenvalue weighted by Gasteiger charge is 2.20. The van der Waals surface area contributed by atoms with Crippen LogP contribution < -0.4 is 10.1 Å². The molecule has 7 heteroatoms. The fourth-order valence-electron chi connectivity index (χ4n) is 1.62. The van der Waals surface area contributed by atoms with Crippen molar-refractivity contribution in [1.29, 1.82) is 0 Å². The van der Waals surface area contributed by atoms with E-state index in [0.29, 0.717) is 6.54 Å². The minimum atomic E-state index is -1.54.